The van der Waals surface area contributed by atoms with E-state index in [1.165, 1.54) is 6.08 Å². The maximum absolute atomic E-state index is 10.6. The van der Waals surface area contributed by atoms with E-state index >= 15 is 0 Å². The third-order valence-electron chi connectivity index (χ3n) is 0.109. The molecule has 0 rings (SSSR count). The Bertz CT molecular complexity index is 22.8. The van der Waals surface area contributed by atoms with Gasteiger partial charge in [0.15, 0.2) is 23.2 Å². The van der Waals surface area contributed by atoms with Crippen LogP contribution in [0.25, 0.3) is 0 Å². The van der Waals surface area contributed by atoms with Crippen LogP contribution in [0.3, 0.4) is 0 Å². The smallest absolute Gasteiger partial charge is 0.171 e. The first-order valence-electron chi connectivity index (χ1n) is 1.23. The van der Waals surface area contributed by atoms with E-state index in [4.69, 9.17) is 0 Å². The Morgan fingerprint density at radius 1 is 1.67 bits per heavy atom. The molecule has 0 saturated heterocycles. The molecule has 0 atom stereocenters. The maximum atomic E-state index is 10.6. The molecule has 6 heavy (non-hydrogen) atoms. The van der Waals surface area contributed by atoms with Crippen molar-refractivity contribution < 1.29 is 7.25 Å². The molecule has 0 aromatic heterocycles. The summed E-state index contributed by atoms with van der Waals surface area (Å²) in [6.07, 6.45) is 1.21. The zero-order chi connectivity index (χ0) is 5.41. The van der Waals surface area contributed by atoms with Crippen molar-refractivity contribution in [1.29, 1.82) is 0 Å². The summed E-state index contributed by atoms with van der Waals surface area (Å²) in [4.78, 5) is 0. The van der Waals surface area contributed by atoms with Gasteiger partial charge in [0.05, 0.1) is 0 Å². The van der Waals surface area contributed by atoms with Crippen LogP contribution in [0.4, 0.5) is 7.25 Å². The summed E-state index contributed by atoms with van der Waals surface area (Å²) in [5.74, 6) is 0. The van der Waals surface area contributed by atoms with E-state index in [-0.39, 0.29) is 0 Å². The molecule has 0 fully saturated rings. The molecular formula is C3H5F2I. The monoisotopic (exact) mass is 206 g/mol. The number of allylic oxidation sites excluding steroid dienone is 1. The molecule has 0 aliphatic heterocycles. The lowest BCUT2D eigenvalue weighted by atomic mass is 10.7. The number of hydrogen-bond acceptors (Lipinski definition) is 0. The average Bonchev–Trinajstić information content (AvgIpc) is 1.72. The Balaban J connectivity index is 0. The number of rotatable bonds is 1. The van der Waals surface area contributed by atoms with Crippen molar-refractivity contribution >= 4 is 23.2 Å². The van der Waals surface area contributed by atoms with Gasteiger partial charge in [-0.05, 0) is 0 Å². The first-order valence-corrected chi connectivity index (χ1v) is 2.04. The van der Waals surface area contributed by atoms with Gasteiger partial charge >= 0.3 is 0 Å². The molecule has 0 N–H and O–H groups in total. The van der Waals surface area contributed by atoms with Crippen LogP contribution < -0.4 is 0 Å². The minimum absolute atomic E-state index is 0.417. The quantitative estimate of drug-likeness (QED) is 0.456. The van der Waals surface area contributed by atoms with Gasteiger partial charge in [-0.3, -0.25) is 0 Å². The molecule has 0 aliphatic rings. The van der Waals surface area contributed by atoms with E-state index in [2.05, 4.69) is 6.58 Å². The highest BCUT2D eigenvalue weighted by Crippen LogP contribution is 1.68. The standard InChI is InChI=1S/C3H5F.FI/c1-2-3-4;1-2/h2H,1,3H2;. The van der Waals surface area contributed by atoms with E-state index in [1.54, 1.807) is 0 Å². The van der Waals surface area contributed by atoms with E-state index in [1.807, 2.05) is 0 Å². The number of halogens is 3. The topological polar surface area (TPSA) is 0 Å². The van der Waals surface area contributed by atoms with Crippen LogP contribution in [-0.4, -0.2) is 6.67 Å². The van der Waals surface area contributed by atoms with Crippen molar-refractivity contribution in [2.75, 3.05) is 6.67 Å². The van der Waals surface area contributed by atoms with Crippen LogP contribution in [0, 0.1) is 0 Å². The van der Waals surface area contributed by atoms with Gasteiger partial charge in [0.2, 0.25) is 0 Å². The zero-order valence-corrected chi connectivity index (χ0v) is 5.28. The molecule has 0 unspecified atom stereocenters. The first-order chi connectivity index (χ1) is 2.91. The predicted molar refractivity (Wildman–Crippen MR) is 31.3 cm³/mol. The van der Waals surface area contributed by atoms with Crippen LogP contribution in [0.5, 0.6) is 0 Å². The third-order valence-corrected chi connectivity index (χ3v) is 0.109. The van der Waals surface area contributed by atoms with Gasteiger partial charge in [0, 0.05) is 0 Å². The molecule has 0 saturated carbocycles. The largest absolute Gasteiger partial charge is 0.247 e. The van der Waals surface area contributed by atoms with Crippen LogP contribution in [0.15, 0.2) is 12.7 Å². The van der Waals surface area contributed by atoms with Crippen molar-refractivity contribution in [3.05, 3.63) is 12.7 Å². The Hall–Kier alpha value is 0.330. The predicted octanol–water partition coefficient (Wildman–Crippen LogP) is 2.45. The highest BCUT2D eigenvalue weighted by atomic mass is 127. The number of alkyl halides is 1. The first kappa shape index (κ1) is 9.59. The number of hydrogen-bond donors (Lipinski definition) is 0. The molecule has 0 aliphatic carbocycles. The SMILES string of the molecule is C=CCF.FI. The molecule has 0 radical (unpaired) electrons. The van der Waals surface area contributed by atoms with Crippen LogP contribution in [-0.2, 0) is 0 Å². The van der Waals surface area contributed by atoms with Gasteiger partial charge < -0.3 is 0 Å². The fourth-order valence-corrected chi connectivity index (χ4v) is 0. The molecular weight excluding hydrogens is 201 g/mol. The van der Waals surface area contributed by atoms with E-state index in [0.29, 0.717) is 23.2 Å². The van der Waals surface area contributed by atoms with Gasteiger partial charge in [-0.25, -0.2) is 4.39 Å². The Kier molecular flexibility index (Phi) is 29.4. The highest BCUT2D eigenvalue weighted by molar-refractivity contribution is 14.1. The van der Waals surface area contributed by atoms with Gasteiger partial charge in [0.25, 0.3) is 0 Å². The van der Waals surface area contributed by atoms with Crippen molar-refractivity contribution in [2.24, 2.45) is 0 Å². The second-order valence-electron chi connectivity index (χ2n) is 0.443. The molecule has 0 amide bonds. The molecule has 0 bridgehead atoms. The lowest BCUT2D eigenvalue weighted by molar-refractivity contribution is 0.562. The Morgan fingerprint density at radius 2 is 1.83 bits per heavy atom. The van der Waals surface area contributed by atoms with Gasteiger partial charge in [-0.1, -0.05) is 6.08 Å². The summed E-state index contributed by atoms with van der Waals surface area (Å²) in [5.41, 5.74) is 0. The van der Waals surface area contributed by atoms with Crippen LogP contribution in [0.2, 0.25) is 0 Å². The Labute approximate surface area is 50.2 Å². The molecule has 0 nitrogen and oxygen atoms in total. The van der Waals surface area contributed by atoms with E-state index < -0.39 is 6.67 Å². The van der Waals surface area contributed by atoms with E-state index in [9.17, 15) is 7.25 Å². The minimum Gasteiger partial charge on any atom is -0.247 e. The van der Waals surface area contributed by atoms with E-state index in [0.717, 1.165) is 0 Å². The summed E-state index contributed by atoms with van der Waals surface area (Å²) < 4.78 is 20.1. The molecule has 3 heteroatoms. The maximum Gasteiger partial charge on any atom is 0.171 e. The molecule has 0 aromatic carbocycles. The van der Waals surface area contributed by atoms with Gasteiger partial charge in [-0.2, -0.15) is 2.86 Å². The van der Waals surface area contributed by atoms with Crippen LogP contribution >= 0.6 is 23.2 Å². The van der Waals surface area contributed by atoms with Gasteiger partial charge in [-0.15, -0.1) is 6.58 Å². The Morgan fingerprint density at radius 3 is 1.83 bits per heavy atom. The highest BCUT2D eigenvalue weighted by Gasteiger charge is 1.49. The van der Waals surface area contributed by atoms with Crippen molar-refractivity contribution in [2.45, 2.75) is 0 Å². The van der Waals surface area contributed by atoms with Gasteiger partial charge in [0.1, 0.15) is 6.67 Å². The average molecular weight is 206 g/mol. The molecule has 0 spiro atoms. The van der Waals surface area contributed by atoms with Crippen molar-refractivity contribution in [1.82, 2.24) is 0 Å². The summed E-state index contributed by atoms with van der Waals surface area (Å²) in [6.45, 7) is 2.69. The fourth-order valence-electron chi connectivity index (χ4n) is 0. The summed E-state index contributed by atoms with van der Waals surface area (Å²) in [7, 11) is 0. The summed E-state index contributed by atoms with van der Waals surface area (Å²) in [5, 5.41) is 0. The molecule has 0 heterocycles. The molecule has 38 valence electrons. The lowest BCUT2D eigenvalue weighted by Gasteiger charge is -1.54. The fraction of sp³-hybridized carbons (Fsp3) is 0.333. The zero-order valence-electron chi connectivity index (χ0n) is 3.13. The molecule has 0 aromatic rings. The lowest BCUT2D eigenvalue weighted by Crippen LogP contribution is -1.48. The van der Waals surface area contributed by atoms with Crippen LogP contribution in [0.1, 0.15) is 0 Å². The summed E-state index contributed by atoms with van der Waals surface area (Å²) in [6, 6.07) is 0. The minimum atomic E-state index is -0.417. The summed E-state index contributed by atoms with van der Waals surface area (Å²) >= 11 is 0.650. The second-order valence-corrected chi connectivity index (χ2v) is 0.443. The third kappa shape index (κ3) is 27.1. The van der Waals surface area contributed by atoms with Crippen molar-refractivity contribution in [3.8, 4) is 0 Å². The normalized spacial score (nSPS) is 5.17. The van der Waals surface area contributed by atoms with Crippen molar-refractivity contribution in [3.63, 3.8) is 0 Å². The second kappa shape index (κ2) is 18.4.